The van der Waals surface area contributed by atoms with Gasteiger partial charge in [-0.05, 0) is 49.8 Å². The molecule has 1 aromatic rings. The molecular formula is C15H21ClN2O2. The Balaban J connectivity index is 1.60. The van der Waals surface area contributed by atoms with Gasteiger partial charge in [-0.2, -0.15) is 0 Å². The number of carbonyl (C=O) groups is 1. The predicted octanol–water partition coefficient (Wildman–Crippen LogP) is 3.67. The third-order valence-corrected chi connectivity index (χ3v) is 3.73. The van der Waals surface area contributed by atoms with Crippen molar-refractivity contribution in [3.05, 3.63) is 29.3 Å². The molecule has 2 N–H and O–H groups in total. The zero-order valence-electron chi connectivity index (χ0n) is 11.5. The third kappa shape index (κ3) is 5.39. The Kier molecular flexibility index (Phi) is 6.15. The van der Waals surface area contributed by atoms with Gasteiger partial charge < -0.3 is 15.4 Å². The Bertz CT molecular complexity index is 434. The first-order valence-electron chi connectivity index (χ1n) is 7.12. The first-order valence-corrected chi connectivity index (χ1v) is 7.50. The lowest BCUT2D eigenvalue weighted by atomic mass is 9.95. The van der Waals surface area contributed by atoms with E-state index in [1.54, 1.807) is 12.1 Å². The number of ether oxygens (including phenoxy) is 1. The number of anilines is 1. The summed E-state index contributed by atoms with van der Waals surface area (Å²) in [5.74, 6) is 0.751. The van der Waals surface area contributed by atoms with Crippen molar-refractivity contribution >= 4 is 23.3 Å². The van der Waals surface area contributed by atoms with Crippen LogP contribution in [0.1, 0.15) is 25.7 Å². The molecule has 0 unspecified atom stereocenters. The molecule has 2 amide bonds. The average molecular weight is 297 g/mol. The van der Waals surface area contributed by atoms with Gasteiger partial charge in [-0.15, -0.1) is 0 Å². The summed E-state index contributed by atoms with van der Waals surface area (Å²) in [6.07, 6.45) is 4.46. The van der Waals surface area contributed by atoms with Crippen molar-refractivity contribution in [2.24, 2.45) is 5.92 Å². The molecule has 1 saturated heterocycles. The van der Waals surface area contributed by atoms with Crippen molar-refractivity contribution in [3.63, 3.8) is 0 Å². The van der Waals surface area contributed by atoms with Gasteiger partial charge in [0.15, 0.2) is 0 Å². The number of amides is 2. The highest BCUT2D eigenvalue weighted by Gasteiger charge is 2.13. The summed E-state index contributed by atoms with van der Waals surface area (Å²) >= 11 is 5.86. The highest BCUT2D eigenvalue weighted by molar-refractivity contribution is 6.30. The van der Waals surface area contributed by atoms with Crippen molar-refractivity contribution in [2.45, 2.75) is 25.7 Å². The van der Waals surface area contributed by atoms with Gasteiger partial charge in [0.25, 0.3) is 0 Å². The van der Waals surface area contributed by atoms with Gasteiger partial charge >= 0.3 is 6.03 Å². The first kappa shape index (κ1) is 15.1. The molecule has 0 radical (unpaired) electrons. The van der Waals surface area contributed by atoms with E-state index in [1.807, 2.05) is 12.1 Å². The zero-order chi connectivity index (χ0) is 14.2. The van der Waals surface area contributed by atoms with Gasteiger partial charge in [-0.1, -0.05) is 17.7 Å². The monoisotopic (exact) mass is 296 g/mol. The van der Waals surface area contributed by atoms with E-state index in [1.165, 1.54) is 0 Å². The van der Waals surface area contributed by atoms with E-state index in [2.05, 4.69) is 10.6 Å². The standard InChI is InChI=1S/C15H21ClN2O2/c16-13-4-1-5-14(11-13)18-15(19)17-8-2-3-12-6-9-20-10-7-12/h1,4-5,11-12H,2-3,6-10H2,(H2,17,18,19). The summed E-state index contributed by atoms with van der Waals surface area (Å²) in [5.41, 5.74) is 0.708. The molecule has 4 nitrogen and oxygen atoms in total. The highest BCUT2D eigenvalue weighted by atomic mass is 35.5. The Morgan fingerprint density at radius 1 is 1.35 bits per heavy atom. The SMILES string of the molecule is O=C(NCCCC1CCOCC1)Nc1cccc(Cl)c1. The molecule has 0 saturated carbocycles. The summed E-state index contributed by atoms with van der Waals surface area (Å²) in [4.78, 5) is 11.7. The van der Waals surface area contributed by atoms with E-state index in [-0.39, 0.29) is 6.03 Å². The molecule has 0 bridgehead atoms. The molecule has 110 valence electrons. The summed E-state index contributed by atoms with van der Waals surface area (Å²) < 4.78 is 5.33. The number of rotatable bonds is 5. The summed E-state index contributed by atoms with van der Waals surface area (Å²) in [6, 6.07) is 6.94. The number of urea groups is 1. The number of halogens is 1. The second-order valence-electron chi connectivity index (χ2n) is 5.09. The number of hydrogen-bond donors (Lipinski definition) is 2. The van der Waals surface area contributed by atoms with Crippen molar-refractivity contribution in [2.75, 3.05) is 25.1 Å². The molecular weight excluding hydrogens is 276 g/mol. The van der Waals surface area contributed by atoms with E-state index in [4.69, 9.17) is 16.3 Å². The third-order valence-electron chi connectivity index (χ3n) is 3.50. The zero-order valence-corrected chi connectivity index (χ0v) is 12.3. The second kappa shape index (κ2) is 8.12. The Hall–Kier alpha value is -1.26. The highest BCUT2D eigenvalue weighted by Crippen LogP contribution is 2.19. The quantitative estimate of drug-likeness (QED) is 0.815. The summed E-state index contributed by atoms with van der Waals surface area (Å²) in [6.45, 7) is 2.46. The smallest absolute Gasteiger partial charge is 0.319 e. The van der Waals surface area contributed by atoms with Crippen LogP contribution in [0.4, 0.5) is 10.5 Å². The molecule has 0 aliphatic carbocycles. The van der Waals surface area contributed by atoms with Gasteiger partial charge in [0, 0.05) is 30.5 Å². The van der Waals surface area contributed by atoms with Gasteiger partial charge in [0.2, 0.25) is 0 Å². The van der Waals surface area contributed by atoms with Crippen LogP contribution in [0.15, 0.2) is 24.3 Å². The fourth-order valence-electron chi connectivity index (χ4n) is 2.37. The maximum Gasteiger partial charge on any atom is 0.319 e. The Labute approximate surface area is 124 Å². The van der Waals surface area contributed by atoms with Crippen LogP contribution in [0.25, 0.3) is 0 Å². The molecule has 1 aliphatic heterocycles. The fraction of sp³-hybridized carbons (Fsp3) is 0.533. The van der Waals surface area contributed by atoms with E-state index >= 15 is 0 Å². The number of nitrogens with one attached hydrogen (secondary N) is 2. The Morgan fingerprint density at radius 2 is 2.15 bits per heavy atom. The van der Waals surface area contributed by atoms with E-state index < -0.39 is 0 Å². The normalized spacial score (nSPS) is 15.8. The molecule has 1 aromatic carbocycles. The largest absolute Gasteiger partial charge is 0.381 e. The molecule has 0 atom stereocenters. The topological polar surface area (TPSA) is 50.4 Å². The molecule has 20 heavy (non-hydrogen) atoms. The predicted molar refractivity (Wildman–Crippen MR) is 81.3 cm³/mol. The van der Waals surface area contributed by atoms with E-state index in [0.717, 1.165) is 44.8 Å². The average Bonchev–Trinajstić information content (AvgIpc) is 2.45. The van der Waals surface area contributed by atoms with Gasteiger partial charge in [-0.25, -0.2) is 4.79 Å². The first-order chi connectivity index (χ1) is 9.74. The molecule has 1 aliphatic rings. The lowest BCUT2D eigenvalue weighted by molar-refractivity contribution is 0.0634. The molecule has 5 heteroatoms. The molecule has 2 rings (SSSR count). The lowest BCUT2D eigenvalue weighted by Crippen LogP contribution is -2.30. The molecule has 1 fully saturated rings. The van der Waals surface area contributed by atoms with Crippen LogP contribution in [-0.4, -0.2) is 25.8 Å². The van der Waals surface area contributed by atoms with Crippen molar-refractivity contribution in [3.8, 4) is 0 Å². The van der Waals surface area contributed by atoms with Gasteiger partial charge in [0.05, 0.1) is 0 Å². The van der Waals surface area contributed by atoms with Crippen LogP contribution in [-0.2, 0) is 4.74 Å². The van der Waals surface area contributed by atoms with Crippen molar-refractivity contribution < 1.29 is 9.53 Å². The minimum Gasteiger partial charge on any atom is -0.381 e. The van der Waals surface area contributed by atoms with Crippen LogP contribution in [0.2, 0.25) is 5.02 Å². The van der Waals surface area contributed by atoms with Gasteiger partial charge in [-0.3, -0.25) is 0 Å². The number of benzene rings is 1. The summed E-state index contributed by atoms with van der Waals surface area (Å²) in [5, 5.41) is 6.25. The maximum atomic E-state index is 11.7. The van der Waals surface area contributed by atoms with Crippen molar-refractivity contribution in [1.82, 2.24) is 5.32 Å². The van der Waals surface area contributed by atoms with E-state index in [9.17, 15) is 4.79 Å². The van der Waals surface area contributed by atoms with Crippen molar-refractivity contribution in [1.29, 1.82) is 0 Å². The fourth-order valence-corrected chi connectivity index (χ4v) is 2.56. The summed E-state index contributed by atoms with van der Waals surface area (Å²) in [7, 11) is 0. The second-order valence-corrected chi connectivity index (χ2v) is 5.53. The molecule has 0 aromatic heterocycles. The Morgan fingerprint density at radius 3 is 2.90 bits per heavy atom. The van der Waals surface area contributed by atoms with E-state index in [0.29, 0.717) is 17.3 Å². The van der Waals surface area contributed by atoms with Crippen LogP contribution in [0.3, 0.4) is 0 Å². The van der Waals surface area contributed by atoms with Crippen LogP contribution < -0.4 is 10.6 Å². The molecule has 1 heterocycles. The maximum absolute atomic E-state index is 11.7. The lowest BCUT2D eigenvalue weighted by Gasteiger charge is -2.21. The molecule has 0 spiro atoms. The number of carbonyl (C=O) groups excluding carboxylic acids is 1. The number of hydrogen-bond acceptors (Lipinski definition) is 2. The van der Waals surface area contributed by atoms with Crippen LogP contribution >= 0.6 is 11.6 Å². The van der Waals surface area contributed by atoms with Crippen LogP contribution in [0.5, 0.6) is 0 Å². The van der Waals surface area contributed by atoms with Gasteiger partial charge in [0.1, 0.15) is 0 Å². The minimum atomic E-state index is -0.181. The van der Waals surface area contributed by atoms with Crippen LogP contribution in [0, 0.1) is 5.92 Å². The minimum absolute atomic E-state index is 0.181.